The Hall–Kier alpha value is -1.84. The van der Waals surface area contributed by atoms with Crippen LogP contribution in [0.15, 0.2) is 24.3 Å². The monoisotopic (exact) mass is 230 g/mol. The van der Waals surface area contributed by atoms with Gasteiger partial charge in [0.25, 0.3) is 0 Å². The summed E-state index contributed by atoms with van der Waals surface area (Å²) in [6.07, 6.45) is 3.55. The summed E-state index contributed by atoms with van der Waals surface area (Å²) >= 11 is 0. The van der Waals surface area contributed by atoms with Crippen LogP contribution < -0.4 is 11.1 Å². The van der Waals surface area contributed by atoms with E-state index in [0.29, 0.717) is 11.6 Å². The number of hydrogen-bond acceptors (Lipinski definition) is 4. The van der Waals surface area contributed by atoms with Crippen molar-refractivity contribution < 1.29 is 0 Å². The number of benzene rings is 1. The van der Waals surface area contributed by atoms with Gasteiger partial charge < -0.3 is 11.1 Å². The summed E-state index contributed by atoms with van der Waals surface area (Å²) in [6.45, 7) is 3.08. The van der Waals surface area contributed by atoms with Crippen molar-refractivity contribution in [1.29, 1.82) is 0 Å². The minimum Gasteiger partial charge on any atom is -0.381 e. The van der Waals surface area contributed by atoms with Crippen LogP contribution in [0, 0.1) is 0 Å². The second kappa shape index (κ2) is 5.48. The number of nitrogen functional groups attached to an aromatic ring is 1. The zero-order chi connectivity index (χ0) is 12.1. The molecule has 4 heteroatoms. The van der Waals surface area contributed by atoms with E-state index in [1.807, 2.05) is 24.3 Å². The number of nitrogens with two attached hydrogens (primary N) is 1. The van der Waals surface area contributed by atoms with Crippen molar-refractivity contribution in [2.75, 3.05) is 17.6 Å². The van der Waals surface area contributed by atoms with Crippen molar-refractivity contribution in [2.24, 2.45) is 0 Å². The van der Waals surface area contributed by atoms with Gasteiger partial charge in [0.2, 0.25) is 0 Å². The lowest BCUT2D eigenvalue weighted by atomic mass is 10.2. The summed E-state index contributed by atoms with van der Waals surface area (Å²) < 4.78 is 0. The molecule has 90 valence electrons. The molecule has 17 heavy (non-hydrogen) atoms. The van der Waals surface area contributed by atoms with Gasteiger partial charge in [-0.1, -0.05) is 31.9 Å². The highest BCUT2D eigenvalue weighted by Gasteiger charge is 2.04. The minimum atomic E-state index is 0.472. The molecule has 0 fully saturated rings. The van der Waals surface area contributed by atoms with Gasteiger partial charge in [-0.05, 0) is 18.6 Å². The second-order valence-electron chi connectivity index (χ2n) is 4.08. The number of fused-ring (bicyclic) bond motifs is 1. The molecule has 3 N–H and O–H groups in total. The molecule has 0 saturated heterocycles. The summed E-state index contributed by atoms with van der Waals surface area (Å²) in [6, 6.07) is 7.75. The molecule has 0 saturated carbocycles. The van der Waals surface area contributed by atoms with Gasteiger partial charge in [-0.3, -0.25) is 0 Å². The lowest BCUT2D eigenvalue weighted by Gasteiger charge is -2.08. The molecule has 1 aromatic heterocycles. The standard InChI is InChI=1S/C13H18N4/c1-2-3-6-9-15-13-12(14)16-10-7-4-5-8-11(10)17-13/h4-5,7-8H,2-3,6,9H2,1H3,(H2,14,16)(H,15,17). The number of nitrogens with one attached hydrogen (secondary N) is 1. The fraction of sp³-hybridized carbons (Fsp3) is 0.385. The van der Waals surface area contributed by atoms with Crippen LogP contribution in [0.1, 0.15) is 26.2 Å². The third-order valence-electron chi connectivity index (χ3n) is 2.67. The van der Waals surface area contributed by atoms with Gasteiger partial charge in [0, 0.05) is 6.54 Å². The molecule has 0 radical (unpaired) electrons. The fourth-order valence-corrected chi connectivity index (χ4v) is 1.73. The van der Waals surface area contributed by atoms with Crippen LogP contribution >= 0.6 is 0 Å². The van der Waals surface area contributed by atoms with Crippen molar-refractivity contribution >= 4 is 22.7 Å². The predicted octanol–water partition coefficient (Wildman–Crippen LogP) is 2.81. The summed E-state index contributed by atoms with van der Waals surface area (Å²) in [4.78, 5) is 8.80. The molecule has 0 aliphatic heterocycles. The number of hydrogen-bond donors (Lipinski definition) is 2. The average molecular weight is 230 g/mol. The van der Waals surface area contributed by atoms with Crippen LogP contribution in [0.2, 0.25) is 0 Å². The van der Waals surface area contributed by atoms with Gasteiger partial charge in [-0.25, -0.2) is 9.97 Å². The van der Waals surface area contributed by atoms with Crippen LogP contribution in [0.25, 0.3) is 11.0 Å². The van der Waals surface area contributed by atoms with E-state index in [-0.39, 0.29) is 0 Å². The maximum Gasteiger partial charge on any atom is 0.169 e. The fourth-order valence-electron chi connectivity index (χ4n) is 1.73. The molecule has 1 aromatic carbocycles. The molecule has 0 spiro atoms. The van der Waals surface area contributed by atoms with E-state index < -0.39 is 0 Å². The van der Waals surface area contributed by atoms with Gasteiger partial charge in [-0.2, -0.15) is 0 Å². The van der Waals surface area contributed by atoms with E-state index in [9.17, 15) is 0 Å². The number of unbranched alkanes of at least 4 members (excludes halogenated alkanes) is 2. The Labute approximate surface area is 101 Å². The van der Waals surface area contributed by atoms with Gasteiger partial charge in [0.15, 0.2) is 11.6 Å². The first-order valence-corrected chi connectivity index (χ1v) is 6.07. The Morgan fingerprint density at radius 2 is 1.82 bits per heavy atom. The first-order valence-electron chi connectivity index (χ1n) is 6.07. The maximum absolute atomic E-state index is 5.87. The zero-order valence-electron chi connectivity index (χ0n) is 10.1. The molecular weight excluding hydrogens is 212 g/mol. The lowest BCUT2D eigenvalue weighted by Crippen LogP contribution is -2.07. The quantitative estimate of drug-likeness (QED) is 0.775. The van der Waals surface area contributed by atoms with Crippen molar-refractivity contribution in [3.05, 3.63) is 24.3 Å². The topological polar surface area (TPSA) is 63.8 Å². The van der Waals surface area contributed by atoms with Crippen LogP contribution in [0.4, 0.5) is 11.6 Å². The lowest BCUT2D eigenvalue weighted by molar-refractivity contribution is 0.742. The van der Waals surface area contributed by atoms with Gasteiger partial charge in [-0.15, -0.1) is 0 Å². The van der Waals surface area contributed by atoms with Crippen LogP contribution in [0.3, 0.4) is 0 Å². The van der Waals surface area contributed by atoms with Crippen LogP contribution in [0.5, 0.6) is 0 Å². The number of aromatic nitrogens is 2. The van der Waals surface area contributed by atoms with Crippen LogP contribution in [-0.4, -0.2) is 16.5 Å². The maximum atomic E-state index is 5.87. The van der Waals surface area contributed by atoms with E-state index in [1.54, 1.807) is 0 Å². The number of rotatable bonds is 5. The molecule has 2 aromatic rings. The Morgan fingerprint density at radius 3 is 2.53 bits per heavy atom. The molecule has 4 nitrogen and oxygen atoms in total. The van der Waals surface area contributed by atoms with E-state index in [2.05, 4.69) is 22.2 Å². The smallest absolute Gasteiger partial charge is 0.169 e. The molecular formula is C13H18N4. The molecule has 0 atom stereocenters. The molecule has 2 rings (SSSR count). The molecule has 0 amide bonds. The minimum absolute atomic E-state index is 0.472. The predicted molar refractivity (Wildman–Crippen MR) is 72.0 cm³/mol. The molecule has 0 aliphatic rings. The van der Waals surface area contributed by atoms with E-state index >= 15 is 0 Å². The highest BCUT2D eigenvalue weighted by Crippen LogP contribution is 2.18. The molecule has 0 aliphatic carbocycles. The number of anilines is 2. The summed E-state index contributed by atoms with van der Waals surface area (Å²) in [7, 11) is 0. The van der Waals surface area contributed by atoms with Crippen molar-refractivity contribution in [3.8, 4) is 0 Å². The molecule has 1 heterocycles. The normalized spacial score (nSPS) is 10.6. The second-order valence-corrected chi connectivity index (χ2v) is 4.08. The van der Waals surface area contributed by atoms with Gasteiger partial charge in [0.05, 0.1) is 11.0 Å². The van der Waals surface area contributed by atoms with Crippen molar-refractivity contribution in [3.63, 3.8) is 0 Å². The molecule has 0 bridgehead atoms. The summed E-state index contributed by atoms with van der Waals surface area (Å²) in [5, 5.41) is 3.24. The first-order chi connectivity index (χ1) is 8.31. The summed E-state index contributed by atoms with van der Waals surface area (Å²) in [5.74, 6) is 1.17. The average Bonchev–Trinajstić information content (AvgIpc) is 2.35. The largest absolute Gasteiger partial charge is 0.381 e. The van der Waals surface area contributed by atoms with Crippen molar-refractivity contribution in [1.82, 2.24) is 9.97 Å². The SMILES string of the molecule is CCCCCNc1nc2ccccc2nc1N. The van der Waals surface area contributed by atoms with E-state index in [1.165, 1.54) is 12.8 Å². The Morgan fingerprint density at radius 1 is 1.12 bits per heavy atom. The summed E-state index contributed by atoms with van der Waals surface area (Å²) in [5.41, 5.74) is 7.58. The first kappa shape index (κ1) is 11.6. The Kier molecular flexibility index (Phi) is 3.75. The Balaban J connectivity index is 2.14. The highest BCUT2D eigenvalue weighted by atomic mass is 15.1. The third kappa shape index (κ3) is 2.84. The van der Waals surface area contributed by atoms with Gasteiger partial charge >= 0.3 is 0 Å². The van der Waals surface area contributed by atoms with Crippen molar-refractivity contribution in [2.45, 2.75) is 26.2 Å². The Bertz CT molecular complexity index is 496. The van der Waals surface area contributed by atoms with Gasteiger partial charge in [0.1, 0.15) is 0 Å². The number of nitrogens with zero attached hydrogens (tertiary/aromatic N) is 2. The number of para-hydroxylation sites is 2. The highest BCUT2D eigenvalue weighted by molar-refractivity contribution is 5.79. The molecule has 0 unspecified atom stereocenters. The van der Waals surface area contributed by atoms with Crippen LogP contribution in [-0.2, 0) is 0 Å². The zero-order valence-corrected chi connectivity index (χ0v) is 10.1. The third-order valence-corrected chi connectivity index (χ3v) is 2.67. The van der Waals surface area contributed by atoms with E-state index in [4.69, 9.17) is 5.73 Å². The van der Waals surface area contributed by atoms with E-state index in [0.717, 1.165) is 24.0 Å².